The van der Waals surface area contributed by atoms with E-state index < -0.39 is 11.4 Å². The summed E-state index contributed by atoms with van der Waals surface area (Å²) < 4.78 is 22.8. The van der Waals surface area contributed by atoms with Gasteiger partial charge in [-0.05, 0) is 0 Å². The van der Waals surface area contributed by atoms with E-state index in [1.165, 1.54) is 0 Å². The summed E-state index contributed by atoms with van der Waals surface area (Å²) in [5.74, 6) is 1.98. The molecule has 0 aromatic carbocycles. The molecule has 5 heteroatoms. The van der Waals surface area contributed by atoms with Crippen LogP contribution in [-0.4, -0.2) is 15.4 Å². The Morgan fingerprint density at radius 3 is 2.50 bits per heavy atom. The van der Waals surface area contributed by atoms with Gasteiger partial charge in [-0.1, -0.05) is 5.92 Å². The molecule has 0 rings (SSSR count). The smallest absolute Gasteiger partial charge is 0.750 e. The summed E-state index contributed by atoms with van der Waals surface area (Å²) in [6.07, 6.45) is 4.63. The molecule has 3 nitrogen and oxygen atoms in total. The van der Waals surface area contributed by atoms with Gasteiger partial charge in [-0.15, -0.1) is 6.42 Å². The molecule has 0 aliphatic heterocycles. The molecular formula is C3H3NaO3S. The molecule has 0 saturated carbocycles. The Labute approximate surface area is 72.6 Å². The average molecular weight is 142 g/mol. The van der Waals surface area contributed by atoms with Crippen LogP contribution in [0.3, 0.4) is 0 Å². The second kappa shape index (κ2) is 7.63. The van der Waals surface area contributed by atoms with Gasteiger partial charge in [0.25, 0.3) is 0 Å². The topological polar surface area (TPSA) is 49.4 Å². The fourth-order valence-electron chi connectivity index (χ4n) is 0.0821. The van der Waals surface area contributed by atoms with E-state index >= 15 is 0 Å². The van der Waals surface area contributed by atoms with Crippen LogP contribution in [0.15, 0.2) is 0 Å². The van der Waals surface area contributed by atoms with Gasteiger partial charge < -0.3 is 4.55 Å². The van der Waals surface area contributed by atoms with E-state index in [2.05, 4.69) is 10.6 Å². The van der Waals surface area contributed by atoms with Crippen molar-refractivity contribution in [3.8, 4) is 12.3 Å². The van der Waals surface area contributed by atoms with Gasteiger partial charge in [0.15, 0.2) is 0 Å². The predicted octanol–water partition coefficient (Wildman–Crippen LogP) is -3.57. The summed E-state index contributed by atoms with van der Waals surface area (Å²) in [5.41, 5.74) is 0. The Hall–Kier alpha value is 0.630. The molecule has 8 heavy (non-hydrogen) atoms. The quantitative estimate of drug-likeness (QED) is 0.228. The summed E-state index contributed by atoms with van der Waals surface area (Å²) in [4.78, 5) is 0. The van der Waals surface area contributed by atoms with Crippen LogP contribution in [0.5, 0.6) is 0 Å². The maximum atomic E-state index is 9.44. The molecule has 0 aromatic rings. The van der Waals surface area contributed by atoms with Gasteiger partial charge >= 0.3 is 29.6 Å². The maximum Gasteiger partial charge on any atom is 1.00 e. The summed E-state index contributed by atoms with van der Waals surface area (Å²) in [7, 11) is 0. The monoisotopic (exact) mass is 142 g/mol. The van der Waals surface area contributed by atoms with Crippen molar-refractivity contribution in [3.63, 3.8) is 0 Å². The van der Waals surface area contributed by atoms with Gasteiger partial charge in [0.2, 0.25) is 0 Å². The van der Waals surface area contributed by atoms with Crippen molar-refractivity contribution in [1.82, 2.24) is 0 Å². The first-order valence-corrected chi connectivity index (χ1v) is 2.43. The summed E-state index contributed by atoms with van der Waals surface area (Å²) >= 11 is -2.46. The number of terminal acetylenes is 1. The molecule has 40 valence electrons. The van der Waals surface area contributed by atoms with Crippen molar-refractivity contribution in [3.05, 3.63) is 0 Å². The number of hydrogen-bond donors (Lipinski definition) is 0. The van der Waals surface area contributed by atoms with Crippen LogP contribution in [0.1, 0.15) is 0 Å². The third-order valence-electron chi connectivity index (χ3n) is 0.238. The molecule has 0 spiro atoms. The number of hydrogen-bond acceptors (Lipinski definition) is 3. The van der Waals surface area contributed by atoms with E-state index in [-0.39, 0.29) is 36.2 Å². The second-order valence-electron chi connectivity index (χ2n) is 0.670. The van der Waals surface area contributed by atoms with Crippen molar-refractivity contribution in [2.45, 2.75) is 0 Å². The van der Waals surface area contributed by atoms with E-state index in [0.717, 1.165) is 0 Å². The Morgan fingerprint density at radius 1 is 1.88 bits per heavy atom. The van der Waals surface area contributed by atoms with Crippen LogP contribution >= 0.6 is 0 Å². The molecule has 0 N–H and O–H groups in total. The van der Waals surface area contributed by atoms with Gasteiger partial charge in [0, 0.05) is 0 Å². The molecule has 1 atom stereocenters. The standard InChI is InChI=1S/C3H4O3S.Na/c1-2-3-6-7(4)5;/h1H,3H2,(H,4,5);/q;+1/p-1. The summed E-state index contributed by atoms with van der Waals surface area (Å²) in [6, 6.07) is 0. The molecule has 0 bridgehead atoms. The van der Waals surface area contributed by atoms with Crippen molar-refractivity contribution in [1.29, 1.82) is 0 Å². The van der Waals surface area contributed by atoms with Crippen LogP contribution in [-0.2, 0) is 15.5 Å². The molecule has 0 aromatic heterocycles. The summed E-state index contributed by atoms with van der Waals surface area (Å²) in [5, 5.41) is 0. The van der Waals surface area contributed by atoms with Crippen LogP contribution in [0.25, 0.3) is 0 Å². The molecule has 0 heterocycles. The first kappa shape index (κ1) is 11.4. The van der Waals surface area contributed by atoms with Crippen molar-refractivity contribution < 1.29 is 42.5 Å². The average Bonchev–Trinajstić information content (AvgIpc) is 1.61. The zero-order valence-corrected chi connectivity index (χ0v) is 7.23. The number of rotatable bonds is 2. The molecule has 0 amide bonds. The fourth-order valence-corrected chi connectivity index (χ4v) is 0.246. The third-order valence-corrected chi connectivity index (χ3v) is 0.549. The largest absolute Gasteiger partial charge is 1.00 e. The van der Waals surface area contributed by atoms with Gasteiger partial charge in [-0.3, -0.25) is 4.18 Å². The van der Waals surface area contributed by atoms with Gasteiger partial charge in [0.1, 0.15) is 6.61 Å². The normalized spacial score (nSPS) is 11.0. The minimum absolute atomic E-state index is 0. The Morgan fingerprint density at radius 2 is 2.38 bits per heavy atom. The van der Waals surface area contributed by atoms with Gasteiger partial charge in [-0.2, -0.15) is 0 Å². The van der Waals surface area contributed by atoms with Gasteiger partial charge in [0.05, 0.1) is 11.4 Å². The minimum atomic E-state index is -2.46. The zero-order chi connectivity index (χ0) is 5.70. The second-order valence-corrected chi connectivity index (χ2v) is 1.31. The molecule has 0 radical (unpaired) electrons. The zero-order valence-electron chi connectivity index (χ0n) is 4.42. The van der Waals surface area contributed by atoms with E-state index in [0.29, 0.717) is 0 Å². The van der Waals surface area contributed by atoms with Crippen molar-refractivity contribution in [2.24, 2.45) is 0 Å². The van der Waals surface area contributed by atoms with E-state index in [4.69, 9.17) is 0 Å². The first-order valence-electron chi connectivity index (χ1n) is 1.43. The van der Waals surface area contributed by atoms with Crippen molar-refractivity contribution in [2.75, 3.05) is 6.61 Å². The Kier molecular flexibility index (Phi) is 10.9. The SMILES string of the molecule is C#CCOS(=O)[O-].[Na+]. The Bertz CT molecular complexity index is 108. The van der Waals surface area contributed by atoms with E-state index in [1.54, 1.807) is 0 Å². The Balaban J connectivity index is 0. The first-order chi connectivity index (χ1) is 3.27. The molecule has 0 aliphatic carbocycles. The fraction of sp³-hybridized carbons (Fsp3) is 0.333. The molecular weight excluding hydrogens is 139 g/mol. The molecule has 0 aliphatic rings. The van der Waals surface area contributed by atoms with Crippen LogP contribution in [0.2, 0.25) is 0 Å². The maximum absolute atomic E-state index is 9.44. The van der Waals surface area contributed by atoms with Crippen LogP contribution < -0.4 is 29.6 Å². The van der Waals surface area contributed by atoms with E-state index in [9.17, 15) is 8.76 Å². The van der Waals surface area contributed by atoms with Crippen LogP contribution in [0.4, 0.5) is 0 Å². The predicted molar refractivity (Wildman–Crippen MR) is 23.7 cm³/mol. The minimum Gasteiger partial charge on any atom is -0.750 e. The third kappa shape index (κ3) is 9.80. The van der Waals surface area contributed by atoms with Crippen molar-refractivity contribution >= 4 is 11.4 Å². The summed E-state index contributed by atoms with van der Waals surface area (Å²) in [6.45, 7) is -0.184. The molecule has 1 unspecified atom stereocenters. The molecule has 0 saturated heterocycles. The van der Waals surface area contributed by atoms with E-state index in [1.807, 2.05) is 5.92 Å². The van der Waals surface area contributed by atoms with Gasteiger partial charge in [-0.25, -0.2) is 4.21 Å². The molecule has 0 fully saturated rings. The van der Waals surface area contributed by atoms with Crippen LogP contribution in [0, 0.1) is 12.3 Å².